The maximum Gasteiger partial charge on any atom is 0.417 e. The minimum Gasteiger partial charge on any atom is -0.344 e. The summed E-state index contributed by atoms with van der Waals surface area (Å²) in [5.41, 5.74) is -1.58. The van der Waals surface area contributed by atoms with Crippen molar-refractivity contribution in [3.63, 3.8) is 0 Å². The summed E-state index contributed by atoms with van der Waals surface area (Å²) in [4.78, 5) is 24.7. The van der Waals surface area contributed by atoms with Gasteiger partial charge in [0.1, 0.15) is 6.54 Å². The summed E-state index contributed by atoms with van der Waals surface area (Å²) in [5, 5.41) is 0. The van der Waals surface area contributed by atoms with Crippen molar-refractivity contribution in [2.24, 2.45) is 5.92 Å². The number of likely N-dealkylation sites (N-methyl/N-ethyl adjacent to an activating group) is 1. The SMILES string of the molecule is CC(C)CN(C)C(=O)Cn1cc(C(F)(F)F)ccc1=O. The summed E-state index contributed by atoms with van der Waals surface area (Å²) in [6.07, 6.45) is -3.87. The molecule has 0 spiro atoms. The van der Waals surface area contributed by atoms with Gasteiger partial charge >= 0.3 is 6.18 Å². The predicted molar refractivity (Wildman–Crippen MR) is 68.2 cm³/mol. The summed E-state index contributed by atoms with van der Waals surface area (Å²) in [6, 6.07) is 1.53. The zero-order valence-corrected chi connectivity index (χ0v) is 11.6. The highest BCUT2D eigenvalue weighted by Gasteiger charge is 2.31. The first kappa shape index (κ1) is 16.3. The van der Waals surface area contributed by atoms with E-state index < -0.39 is 29.8 Å². The standard InChI is InChI=1S/C13H17F3N2O2/c1-9(2)6-17(3)12(20)8-18-7-10(13(14,15)16)4-5-11(18)19/h4-5,7,9H,6,8H2,1-3H3. The molecule has 4 nitrogen and oxygen atoms in total. The molecule has 0 atom stereocenters. The molecule has 0 aromatic carbocycles. The maximum absolute atomic E-state index is 12.6. The number of carbonyl (C=O) groups is 1. The molecule has 0 bridgehead atoms. The molecule has 20 heavy (non-hydrogen) atoms. The van der Waals surface area contributed by atoms with E-state index in [-0.39, 0.29) is 5.92 Å². The molecule has 0 radical (unpaired) electrons. The third-order valence-corrected chi connectivity index (χ3v) is 2.68. The van der Waals surface area contributed by atoms with Gasteiger partial charge in [-0.25, -0.2) is 0 Å². The summed E-state index contributed by atoms with van der Waals surface area (Å²) >= 11 is 0. The van der Waals surface area contributed by atoms with Gasteiger partial charge in [0, 0.05) is 25.9 Å². The van der Waals surface area contributed by atoms with Gasteiger partial charge in [0.15, 0.2) is 0 Å². The number of nitrogens with zero attached hydrogens (tertiary/aromatic N) is 2. The molecule has 7 heteroatoms. The lowest BCUT2D eigenvalue weighted by Crippen LogP contribution is -2.36. The first-order valence-electron chi connectivity index (χ1n) is 6.13. The lowest BCUT2D eigenvalue weighted by molar-refractivity contribution is -0.138. The van der Waals surface area contributed by atoms with Gasteiger partial charge in [-0.05, 0) is 12.0 Å². The van der Waals surface area contributed by atoms with Crippen molar-refractivity contribution in [2.45, 2.75) is 26.6 Å². The molecule has 0 saturated heterocycles. The van der Waals surface area contributed by atoms with Crippen LogP contribution in [0.5, 0.6) is 0 Å². The third-order valence-electron chi connectivity index (χ3n) is 2.68. The van der Waals surface area contributed by atoms with Crippen LogP contribution >= 0.6 is 0 Å². The van der Waals surface area contributed by atoms with Crippen LogP contribution in [0.4, 0.5) is 13.2 Å². The van der Waals surface area contributed by atoms with Crippen molar-refractivity contribution >= 4 is 5.91 Å². The highest BCUT2D eigenvalue weighted by Crippen LogP contribution is 2.27. The monoisotopic (exact) mass is 290 g/mol. The predicted octanol–water partition coefficient (Wildman–Crippen LogP) is 1.98. The average Bonchev–Trinajstić information content (AvgIpc) is 2.29. The van der Waals surface area contributed by atoms with Crippen LogP contribution in [0.1, 0.15) is 19.4 Å². The minimum atomic E-state index is -4.54. The highest BCUT2D eigenvalue weighted by atomic mass is 19.4. The summed E-state index contributed by atoms with van der Waals surface area (Å²) in [6.45, 7) is 3.92. The van der Waals surface area contributed by atoms with Gasteiger partial charge in [0.2, 0.25) is 5.91 Å². The fourth-order valence-corrected chi connectivity index (χ4v) is 1.74. The van der Waals surface area contributed by atoms with Gasteiger partial charge in [-0.1, -0.05) is 13.8 Å². The van der Waals surface area contributed by atoms with Crippen LogP contribution in [-0.4, -0.2) is 29.0 Å². The molecular weight excluding hydrogens is 273 g/mol. The van der Waals surface area contributed by atoms with E-state index in [1.165, 1.54) is 4.90 Å². The van der Waals surface area contributed by atoms with E-state index in [0.717, 1.165) is 10.6 Å². The number of halogens is 3. The molecule has 1 rings (SSSR count). The van der Waals surface area contributed by atoms with Crippen molar-refractivity contribution in [3.8, 4) is 0 Å². The van der Waals surface area contributed by atoms with Crippen molar-refractivity contribution < 1.29 is 18.0 Å². The molecule has 0 fully saturated rings. The van der Waals surface area contributed by atoms with Crippen LogP contribution in [0, 0.1) is 5.92 Å². The molecule has 112 valence electrons. The Morgan fingerprint density at radius 1 is 1.35 bits per heavy atom. The van der Waals surface area contributed by atoms with Gasteiger partial charge in [-0.2, -0.15) is 13.2 Å². The minimum absolute atomic E-state index is 0.238. The number of carbonyl (C=O) groups excluding carboxylic acids is 1. The zero-order chi connectivity index (χ0) is 15.5. The molecule has 0 aliphatic heterocycles. The maximum atomic E-state index is 12.6. The Kier molecular flexibility index (Phi) is 4.97. The number of hydrogen-bond acceptors (Lipinski definition) is 2. The lowest BCUT2D eigenvalue weighted by Gasteiger charge is -2.20. The molecule has 1 amide bonds. The normalized spacial score (nSPS) is 11.8. The third kappa shape index (κ3) is 4.40. The summed E-state index contributed by atoms with van der Waals surface area (Å²) in [5.74, 6) is -0.165. The summed E-state index contributed by atoms with van der Waals surface area (Å²) < 4.78 is 38.5. The number of amides is 1. The van der Waals surface area contributed by atoms with Crippen LogP contribution in [0.25, 0.3) is 0 Å². The number of hydrogen-bond donors (Lipinski definition) is 0. The Morgan fingerprint density at radius 2 is 1.95 bits per heavy atom. The number of aromatic nitrogens is 1. The van der Waals surface area contributed by atoms with E-state index in [1.54, 1.807) is 7.05 Å². The molecule has 1 aromatic rings. The molecule has 0 aliphatic carbocycles. The Labute approximate surface area is 114 Å². The fraction of sp³-hybridized carbons (Fsp3) is 0.538. The molecular formula is C13H17F3N2O2. The fourth-order valence-electron chi connectivity index (χ4n) is 1.74. The first-order valence-corrected chi connectivity index (χ1v) is 6.13. The molecule has 0 unspecified atom stereocenters. The van der Waals surface area contributed by atoms with Crippen LogP contribution in [0.2, 0.25) is 0 Å². The van der Waals surface area contributed by atoms with E-state index in [0.29, 0.717) is 18.8 Å². The number of alkyl halides is 3. The van der Waals surface area contributed by atoms with E-state index in [1.807, 2.05) is 13.8 Å². The van der Waals surface area contributed by atoms with Crippen LogP contribution < -0.4 is 5.56 Å². The highest BCUT2D eigenvalue weighted by molar-refractivity contribution is 5.75. The zero-order valence-electron chi connectivity index (χ0n) is 11.6. The van der Waals surface area contributed by atoms with Gasteiger partial charge < -0.3 is 9.47 Å². The van der Waals surface area contributed by atoms with Gasteiger partial charge in [-0.15, -0.1) is 0 Å². The molecule has 1 heterocycles. The van der Waals surface area contributed by atoms with Crippen LogP contribution in [0.15, 0.2) is 23.1 Å². The van der Waals surface area contributed by atoms with Crippen molar-refractivity contribution in [1.82, 2.24) is 9.47 Å². The van der Waals surface area contributed by atoms with E-state index in [2.05, 4.69) is 0 Å². The average molecular weight is 290 g/mol. The number of rotatable bonds is 4. The van der Waals surface area contributed by atoms with E-state index in [4.69, 9.17) is 0 Å². The molecule has 1 aromatic heterocycles. The molecule has 0 aliphatic rings. The van der Waals surface area contributed by atoms with Crippen LogP contribution in [-0.2, 0) is 17.5 Å². The van der Waals surface area contributed by atoms with Gasteiger partial charge in [-0.3, -0.25) is 9.59 Å². The second-order valence-corrected chi connectivity index (χ2v) is 5.05. The Morgan fingerprint density at radius 3 is 2.45 bits per heavy atom. The second kappa shape index (κ2) is 6.11. The van der Waals surface area contributed by atoms with Crippen molar-refractivity contribution in [3.05, 3.63) is 34.2 Å². The Balaban J connectivity index is 2.92. The van der Waals surface area contributed by atoms with E-state index in [9.17, 15) is 22.8 Å². The quantitative estimate of drug-likeness (QED) is 0.851. The first-order chi connectivity index (χ1) is 9.11. The van der Waals surface area contributed by atoms with Crippen LogP contribution in [0.3, 0.4) is 0 Å². The molecule has 0 N–H and O–H groups in total. The van der Waals surface area contributed by atoms with Gasteiger partial charge in [0.05, 0.1) is 5.56 Å². The van der Waals surface area contributed by atoms with Crippen molar-refractivity contribution in [1.29, 1.82) is 0 Å². The lowest BCUT2D eigenvalue weighted by atomic mass is 10.2. The smallest absolute Gasteiger partial charge is 0.344 e. The topological polar surface area (TPSA) is 42.3 Å². The van der Waals surface area contributed by atoms with E-state index >= 15 is 0 Å². The Hall–Kier alpha value is -1.79. The van der Waals surface area contributed by atoms with Gasteiger partial charge in [0.25, 0.3) is 5.56 Å². The molecule has 0 saturated carbocycles. The Bertz CT molecular complexity index is 535. The largest absolute Gasteiger partial charge is 0.417 e. The number of pyridine rings is 1. The summed E-state index contributed by atoms with van der Waals surface area (Å²) in [7, 11) is 1.56. The van der Waals surface area contributed by atoms with Crippen molar-refractivity contribution in [2.75, 3.05) is 13.6 Å². The second-order valence-electron chi connectivity index (χ2n) is 5.05.